The van der Waals surface area contributed by atoms with Gasteiger partial charge in [0.05, 0.1) is 5.69 Å². The molecule has 0 saturated carbocycles. The number of nitrogens with zero attached hydrogens (tertiary/aromatic N) is 3. The van der Waals surface area contributed by atoms with Crippen LogP contribution >= 0.6 is 0 Å². The maximum absolute atomic E-state index is 4.83. The zero-order valence-corrected chi connectivity index (χ0v) is 11.4. The number of benzene rings is 1. The summed E-state index contributed by atoms with van der Waals surface area (Å²) < 4.78 is 0. The molecule has 0 unspecified atom stereocenters. The van der Waals surface area contributed by atoms with Crippen molar-refractivity contribution >= 4 is 11.6 Å². The molecule has 0 N–H and O–H groups in total. The molecule has 0 atom stereocenters. The monoisotopic (exact) mass is 231 g/mol. The summed E-state index contributed by atoms with van der Waals surface area (Å²) in [6.45, 7) is 8.51. The minimum Gasteiger partial charge on any atom is -0.344 e. The van der Waals surface area contributed by atoms with Crippen LogP contribution in [0.25, 0.3) is 0 Å². The van der Waals surface area contributed by atoms with Crippen molar-refractivity contribution in [1.82, 2.24) is 9.80 Å². The number of guanidine groups is 1. The molecule has 1 heterocycles. The maximum Gasteiger partial charge on any atom is 0.201 e. The highest BCUT2D eigenvalue weighted by molar-refractivity contribution is 5.85. The molecule has 17 heavy (non-hydrogen) atoms. The van der Waals surface area contributed by atoms with Gasteiger partial charge in [0, 0.05) is 27.2 Å². The molecular formula is C14H21N3. The van der Waals surface area contributed by atoms with Crippen LogP contribution < -0.4 is 0 Å². The summed E-state index contributed by atoms with van der Waals surface area (Å²) in [5.41, 5.74) is 4.93. The van der Waals surface area contributed by atoms with Gasteiger partial charge in [0.25, 0.3) is 0 Å². The Morgan fingerprint density at radius 1 is 0.941 bits per heavy atom. The third-order valence-corrected chi connectivity index (χ3v) is 3.30. The van der Waals surface area contributed by atoms with Crippen LogP contribution in [0.5, 0.6) is 0 Å². The van der Waals surface area contributed by atoms with Gasteiger partial charge in [-0.3, -0.25) is 0 Å². The predicted octanol–water partition coefficient (Wildman–Crippen LogP) is 2.48. The second-order valence-electron chi connectivity index (χ2n) is 5.00. The van der Waals surface area contributed by atoms with Crippen LogP contribution in [0.2, 0.25) is 0 Å². The molecule has 92 valence electrons. The van der Waals surface area contributed by atoms with Crippen molar-refractivity contribution in [2.45, 2.75) is 20.8 Å². The third kappa shape index (κ3) is 2.28. The number of aryl methyl sites for hydroxylation is 3. The van der Waals surface area contributed by atoms with Crippen molar-refractivity contribution < 1.29 is 0 Å². The molecule has 1 aromatic rings. The molecule has 1 fully saturated rings. The molecule has 1 aromatic carbocycles. The van der Waals surface area contributed by atoms with Gasteiger partial charge in [-0.1, -0.05) is 17.7 Å². The topological polar surface area (TPSA) is 18.8 Å². The fourth-order valence-corrected chi connectivity index (χ4v) is 2.41. The average Bonchev–Trinajstić information content (AvgIpc) is 2.53. The molecule has 1 saturated heterocycles. The van der Waals surface area contributed by atoms with E-state index in [-0.39, 0.29) is 0 Å². The Labute approximate surface area is 104 Å². The van der Waals surface area contributed by atoms with Crippen LogP contribution in [0.3, 0.4) is 0 Å². The van der Waals surface area contributed by atoms with E-state index in [0.717, 1.165) is 24.7 Å². The molecule has 2 rings (SSSR count). The molecule has 3 nitrogen and oxygen atoms in total. The molecule has 0 radical (unpaired) electrons. The summed E-state index contributed by atoms with van der Waals surface area (Å²) in [7, 11) is 4.20. The summed E-state index contributed by atoms with van der Waals surface area (Å²) in [4.78, 5) is 9.24. The lowest BCUT2D eigenvalue weighted by Crippen LogP contribution is -2.28. The number of hydrogen-bond donors (Lipinski definition) is 0. The summed E-state index contributed by atoms with van der Waals surface area (Å²) >= 11 is 0. The van der Waals surface area contributed by atoms with Crippen LogP contribution in [0.15, 0.2) is 17.1 Å². The number of hydrogen-bond acceptors (Lipinski definition) is 1. The molecule has 1 aliphatic rings. The second kappa shape index (κ2) is 4.40. The standard InChI is InChI=1S/C14H21N3/c1-10-8-11(2)13(12(3)9-10)15-14-16(4)6-7-17(14)5/h8-9H,6-7H2,1-5H3. The van der Waals surface area contributed by atoms with Gasteiger partial charge < -0.3 is 9.80 Å². The van der Waals surface area contributed by atoms with E-state index in [1.807, 2.05) is 0 Å². The normalized spacial score (nSPS) is 15.7. The van der Waals surface area contributed by atoms with E-state index in [2.05, 4.69) is 56.8 Å². The molecule has 3 heteroatoms. The highest BCUT2D eigenvalue weighted by Crippen LogP contribution is 2.26. The fourth-order valence-electron chi connectivity index (χ4n) is 2.41. The Morgan fingerprint density at radius 2 is 1.41 bits per heavy atom. The molecule has 0 spiro atoms. The van der Waals surface area contributed by atoms with Crippen molar-refractivity contribution in [3.05, 3.63) is 28.8 Å². The van der Waals surface area contributed by atoms with Gasteiger partial charge in [0.2, 0.25) is 5.96 Å². The lowest BCUT2D eigenvalue weighted by molar-refractivity contribution is 0.553. The smallest absolute Gasteiger partial charge is 0.201 e. The lowest BCUT2D eigenvalue weighted by atomic mass is 10.1. The first-order chi connectivity index (χ1) is 7.99. The molecule has 1 aliphatic heterocycles. The predicted molar refractivity (Wildman–Crippen MR) is 73.0 cm³/mol. The highest BCUT2D eigenvalue weighted by Gasteiger charge is 2.20. The zero-order chi connectivity index (χ0) is 12.6. The first-order valence-electron chi connectivity index (χ1n) is 6.08. The van der Waals surface area contributed by atoms with Gasteiger partial charge in [0.15, 0.2) is 0 Å². The van der Waals surface area contributed by atoms with E-state index in [1.54, 1.807) is 0 Å². The van der Waals surface area contributed by atoms with Crippen LogP contribution in [0, 0.1) is 20.8 Å². The van der Waals surface area contributed by atoms with E-state index in [1.165, 1.54) is 16.7 Å². The summed E-state index contributed by atoms with van der Waals surface area (Å²) in [6.07, 6.45) is 0. The first-order valence-corrected chi connectivity index (χ1v) is 6.08. The maximum atomic E-state index is 4.83. The van der Waals surface area contributed by atoms with Crippen molar-refractivity contribution in [3.63, 3.8) is 0 Å². The van der Waals surface area contributed by atoms with Crippen molar-refractivity contribution in [3.8, 4) is 0 Å². The molecule has 0 aliphatic carbocycles. The fraction of sp³-hybridized carbons (Fsp3) is 0.500. The van der Waals surface area contributed by atoms with Crippen LogP contribution in [0.4, 0.5) is 5.69 Å². The van der Waals surface area contributed by atoms with Gasteiger partial charge in [-0.2, -0.15) is 0 Å². The SMILES string of the molecule is Cc1cc(C)c(N=C2N(C)CCN2C)c(C)c1. The van der Waals surface area contributed by atoms with Crippen molar-refractivity contribution in [1.29, 1.82) is 0 Å². The molecular weight excluding hydrogens is 210 g/mol. The Hall–Kier alpha value is -1.51. The van der Waals surface area contributed by atoms with E-state index >= 15 is 0 Å². The van der Waals surface area contributed by atoms with Gasteiger partial charge >= 0.3 is 0 Å². The average molecular weight is 231 g/mol. The van der Waals surface area contributed by atoms with Gasteiger partial charge in [-0.25, -0.2) is 4.99 Å². The molecule has 0 aromatic heterocycles. The number of likely N-dealkylation sites (N-methyl/N-ethyl adjacent to an activating group) is 2. The van der Waals surface area contributed by atoms with Crippen LogP contribution in [-0.2, 0) is 0 Å². The number of rotatable bonds is 1. The largest absolute Gasteiger partial charge is 0.344 e. The Morgan fingerprint density at radius 3 is 1.88 bits per heavy atom. The second-order valence-corrected chi connectivity index (χ2v) is 5.00. The summed E-state index contributed by atoms with van der Waals surface area (Å²) in [6, 6.07) is 4.39. The summed E-state index contributed by atoms with van der Waals surface area (Å²) in [5, 5.41) is 0. The molecule has 0 bridgehead atoms. The van der Waals surface area contributed by atoms with Gasteiger partial charge in [-0.15, -0.1) is 0 Å². The Bertz CT molecular complexity index is 428. The third-order valence-electron chi connectivity index (χ3n) is 3.30. The zero-order valence-electron chi connectivity index (χ0n) is 11.4. The number of aliphatic imine (C=N–C) groups is 1. The summed E-state index contributed by atoms with van der Waals surface area (Å²) in [5.74, 6) is 1.07. The minimum atomic E-state index is 1.05. The van der Waals surface area contributed by atoms with Crippen LogP contribution in [-0.4, -0.2) is 42.9 Å². The van der Waals surface area contributed by atoms with E-state index < -0.39 is 0 Å². The quantitative estimate of drug-likeness (QED) is 0.739. The van der Waals surface area contributed by atoms with Crippen molar-refractivity contribution in [2.75, 3.05) is 27.2 Å². The van der Waals surface area contributed by atoms with Gasteiger partial charge in [-0.05, 0) is 31.9 Å². The van der Waals surface area contributed by atoms with Crippen LogP contribution in [0.1, 0.15) is 16.7 Å². The van der Waals surface area contributed by atoms with Crippen molar-refractivity contribution in [2.24, 2.45) is 4.99 Å². The Kier molecular flexibility index (Phi) is 3.09. The Balaban J connectivity index is 2.45. The van der Waals surface area contributed by atoms with E-state index in [9.17, 15) is 0 Å². The van der Waals surface area contributed by atoms with E-state index in [0.29, 0.717) is 0 Å². The molecule has 0 amide bonds. The highest BCUT2D eigenvalue weighted by atomic mass is 15.4. The van der Waals surface area contributed by atoms with Gasteiger partial charge in [0.1, 0.15) is 0 Å². The first kappa shape index (κ1) is 12.0. The van der Waals surface area contributed by atoms with E-state index in [4.69, 9.17) is 4.99 Å². The minimum absolute atomic E-state index is 1.05. The lowest BCUT2D eigenvalue weighted by Gasteiger charge is -2.17.